The van der Waals surface area contributed by atoms with Crippen molar-refractivity contribution in [2.75, 3.05) is 7.11 Å². The molecule has 1 aliphatic rings. The molecule has 2 aromatic carbocycles. The minimum Gasteiger partial charge on any atom is -0.495 e. The van der Waals surface area contributed by atoms with E-state index in [-0.39, 0.29) is 5.82 Å². The van der Waals surface area contributed by atoms with E-state index in [2.05, 4.69) is 16.2 Å². The summed E-state index contributed by atoms with van der Waals surface area (Å²) in [5.74, 6) is 1.50. The van der Waals surface area contributed by atoms with Crippen LogP contribution in [-0.2, 0) is 12.0 Å². The zero-order chi connectivity index (χ0) is 23.7. The summed E-state index contributed by atoms with van der Waals surface area (Å²) < 4.78 is 22.8. The average molecular weight is 455 g/mol. The van der Waals surface area contributed by atoms with E-state index in [1.165, 1.54) is 12.1 Å². The smallest absolute Gasteiger partial charge is 0.174 e. The number of hydrogen-bond acceptors (Lipinski definition) is 5. The van der Waals surface area contributed by atoms with E-state index >= 15 is 0 Å². The Labute approximate surface area is 196 Å². The first-order valence-electron chi connectivity index (χ1n) is 11.0. The lowest BCUT2D eigenvalue weighted by atomic mass is 9.75. The van der Waals surface area contributed by atoms with Crippen LogP contribution < -0.4 is 4.74 Å². The first-order valence-corrected chi connectivity index (χ1v) is 11.0. The van der Waals surface area contributed by atoms with Crippen molar-refractivity contribution in [3.8, 4) is 17.5 Å². The Kier molecular flexibility index (Phi) is 5.46. The highest BCUT2D eigenvalue weighted by atomic mass is 19.1. The third-order valence-electron chi connectivity index (χ3n) is 6.14. The molecule has 0 spiro atoms. The van der Waals surface area contributed by atoms with E-state index in [4.69, 9.17) is 9.72 Å². The van der Waals surface area contributed by atoms with Gasteiger partial charge >= 0.3 is 0 Å². The zero-order valence-electron chi connectivity index (χ0n) is 18.9. The van der Waals surface area contributed by atoms with Crippen molar-refractivity contribution in [1.82, 2.24) is 24.3 Å². The largest absolute Gasteiger partial charge is 0.495 e. The first-order chi connectivity index (χ1) is 16.5. The second-order valence-electron chi connectivity index (χ2n) is 8.33. The van der Waals surface area contributed by atoms with Gasteiger partial charge in [0.15, 0.2) is 11.6 Å². The summed E-state index contributed by atoms with van der Waals surface area (Å²) in [5, 5.41) is 14.8. The van der Waals surface area contributed by atoms with Crippen molar-refractivity contribution < 1.29 is 9.13 Å². The molecule has 7 nitrogen and oxygen atoms in total. The molecule has 0 radical (unpaired) electrons. The number of aryl methyl sites for hydroxylation is 2. The van der Waals surface area contributed by atoms with Crippen LogP contribution in [0.1, 0.15) is 41.3 Å². The average Bonchev–Trinajstić information content (AvgIpc) is 3.49. The van der Waals surface area contributed by atoms with Crippen molar-refractivity contribution in [1.29, 1.82) is 5.26 Å². The molecule has 0 fully saturated rings. The number of rotatable bonds is 5. The molecule has 1 atom stereocenters. The van der Waals surface area contributed by atoms with Crippen molar-refractivity contribution in [3.63, 3.8) is 0 Å². The topological polar surface area (TPSA) is 81.5 Å². The Morgan fingerprint density at radius 1 is 1.18 bits per heavy atom. The highest BCUT2D eigenvalue weighted by Crippen LogP contribution is 2.38. The molecule has 5 rings (SSSR count). The standard InChI is InChI=1S/C26H23FN6O/c1-18-15-32(17-29-18)22-10-4-19(14-23(22)34-2)5-11-24-30-25-26(16-28,12-3-13-33(25)31-24)20-6-8-21(27)9-7-20/h4-11,14-15,17H,3,12-13H2,1-2H3/t26-/m0/s1. The van der Waals surface area contributed by atoms with Gasteiger partial charge in [-0.2, -0.15) is 10.4 Å². The molecule has 0 saturated heterocycles. The fraction of sp³-hybridized carbons (Fsp3) is 0.231. The van der Waals surface area contributed by atoms with Crippen LogP contribution in [0.5, 0.6) is 5.75 Å². The van der Waals surface area contributed by atoms with Crippen molar-refractivity contribution in [2.24, 2.45) is 0 Å². The molecule has 170 valence electrons. The predicted molar refractivity (Wildman–Crippen MR) is 126 cm³/mol. The van der Waals surface area contributed by atoms with Gasteiger partial charge in [0.05, 0.1) is 30.9 Å². The maximum absolute atomic E-state index is 13.5. The van der Waals surface area contributed by atoms with E-state index in [0.29, 0.717) is 24.6 Å². The van der Waals surface area contributed by atoms with Gasteiger partial charge in [-0.3, -0.25) is 0 Å². The third kappa shape index (κ3) is 3.75. The van der Waals surface area contributed by atoms with E-state index in [1.807, 2.05) is 48.0 Å². The van der Waals surface area contributed by atoms with Crippen LogP contribution in [0.25, 0.3) is 17.8 Å². The summed E-state index contributed by atoms with van der Waals surface area (Å²) in [6.45, 7) is 2.63. The number of methoxy groups -OCH3 is 1. The normalized spacial score (nSPS) is 17.5. The molecule has 0 aliphatic carbocycles. The van der Waals surface area contributed by atoms with Crippen molar-refractivity contribution in [3.05, 3.63) is 89.3 Å². The predicted octanol–water partition coefficient (Wildman–Crippen LogP) is 4.69. The number of nitriles is 1. The summed E-state index contributed by atoms with van der Waals surface area (Å²) in [6, 6.07) is 14.4. The SMILES string of the molecule is COc1cc(C=Cc2nc3n(n2)CCC[C@]3(C#N)c2ccc(F)cc2)ccc1-n1cnc(C)c1. The lowest BCUT2D eigenvalue weighted by Gasteiger charge is -2.30. The maximum Gasteiger partial charge on any atom is 0.174 e. The van der Waals surface area contributed by atoms with Crippen LogP contribution in [0, 0.1) is 24.1 Å². The molecular formula is C26H23FN6O. The van der Waals surface area contributed by atoms with E-state index in [1.54, 1.807) is 30.3 Å². The molecule has 34 heavy (non-hydrogen) atoms. The van der Waals surface area contributed by atoms with Crippen LogP contribution >= 0.6 is 0 Å². The number of imidazole rings is 1. The number of ether oxygens (including phenoxy) is 1. The zero-order valence-corrected chi connectivity index (χ0v) is 18.9. The molecule has 0 amide bonds. The maximum atomic E-state index is 13.5. The quantitative estimate of drug-likeness (QED) is 0.437. The highest BCUT2D eigenvalue weighted by molar-refractivity contribution is 5.69. The summed E-state index contributed by atoms with van der Waals surface area (Å²) in [6.07, 6.45) is 8.84. The van der Waals surface area contributed by atoms with Gasteiger partial charge in [-0.15, -0.1) is 0 Å². The van der Waals surface area contributed by atoms with Gasteiger partial charge in [0.2, 0.25) is 0 Å². The minimum atomic E-state index is -0.946. The molecule has 0 unspecified atom stereocenters. The molecule has 3 heterocycles. The van der Waals surface area contributed by atoms with Crippen LogP contribution in [0.15, 0.2) is 55.0 Å². The Balaban J connectivity index is 1.46. The molecule has 4 aromatic rings. The molecule has 0 saturated carbocycles. The van der Waals surface area contributed by atoms with Crippen molar-refractivity contribution in [2.45, 2.75) is 31.7 Å². The highest BCUT2D eigenvalue weighted by Gasteiger charge is 2.42. The minimum absolute atomic E-state index is 0.331. The number of fused-ring (bicyclic) bond motifs is 1. The summed E-state index contributed by atoms with van der Waals surface area (Å²) in [4.78, 5) is 8.98. The van der Waals surface area contributed by atoms with Crippen LogP contribution in [0.3, 0.4) is 0 Å². The molecule has 2 aromatic heterocycles. The molecular weight excluding hydrogens is 431 g/mol. The fourth-order valence-electron chi connectivity index (χ4n) is 4.42. The van der Waals surface area contributed by atoms with Gasteiger partial charge in [-0.25, -0.2) is 19.0 Å². The van der Waals surface area contributed by atoms with E-state index in [9.17, 15) is 9.65 Å². The summed E-state index contributed by atoms with van der Waals surface area (Å²) >= 11 is 0. The van der Waals surface area contributed by atoms with Gasteiger partial charge < -0.3 is 9.30 Å². The summed E-state index contributed by atoms with van der Waals surface area (Å²) in [5.41, 5.74) is 2.54. The Hall–Kier alpha value is -4.25. The number of hydrogen-bond donors (Lipinski definition) is 0. The van der Waals surface area contributed by atoms with Gasteiger partial charge in [0.1, 0.15) is 17.0 Å². The molecule has 1 aliphatic heterocycles. The number of benzene rings is 2. The second-order valence-corrected chi connectivity index (χ2v) is 8.33. The monoisotopic (exact) mass is 454 g/mol. The van der Waals surface area contributed by atoms with E-state index < -0.39 is 5.41 Å². The number of halogens is 1. The number of nitrogens with zero attached hydrogens (tertiary/aromatic N) is 6. The van der Waals surface area contributed by atoms with Crippen LogP contribution in [-0.4, -0.2) is 31.4 Å². The van der Waals surface area contributed by atoms with Gasteiger partial charge in [0, 0.05) is 12.7 Å². The first kappa shape index (κ1) is 21.6. The lowest BCUT2D eigenvalue weighted by molar-refractivity contribution is 0.392. The third-order valence-corrected chi connectivity index (χ3v) is 6.14. The fourth-order valence-corrected chi connectivity index (χ4v) is 4.42. The molecule has 0 bridgehead atoms. The Morgan fingerprint density at radius 3 is 2.71 bits per heavy atom. The molecule has 0 N–H and O–H groups in total. The Morgan fingerprint density at radius 2 is 2.00 bits per heavy atom. The van der Waals surface area contributed by atoms with Gasteiger partial charge in [-0.1, -0.05) is 24.3 Å². The Bertz CT molecular complexity index is 1410. The van der Waals surface area contributed by atoms with Gasteiger partial charge in [-0.05, 0) is 61.2 Å². The number of aromatic nitrogens is 5. The van der Waals surface area contributed by atoms with Gasteiger partial charge in [0.25, 0.3) is 0 Å². The second kappa shape index (κ2) is 8.60. The summed E-state index contributed by atoms with van der Waals surface area (Å²) in [7, 11) is 1.64. The van der Waals surface area contributed by atoms with Crippen molar-refractivity contribution >= 4 is 12.2 Å². The van der Waals surface area contributed by atoms with Crippen LogP contribution in [0.4, 0.5) is 4.39 Å². The van der Waals surface area contributed by atoms with E-state index in [0.717, 1.165) is 34.7 Å². The lowest BCUT2D eigenvalue weighted by Crippen LogP contribution is -2.34. The molecule has 8 heteroatoms. The van der Waals surface area contributed by atoms with Crippen LogP contribution in [0.2, 0.25) is 0 Å².